The Labute approximate surface area is 108 Å². The maximum absolute atomic E-state index is 12.0. The van der Waals surface area contributed by atoms with Crippen molar-refractivity contribution >= 4 is 29.5 Å². The minimum Gasteiger partial charge on any atom is -0.448 e. The van der Waals surface area contributed by atoms with Crippen LogP contribution in [0.5, 0.6) is 0 Å². The minimum atomic E-state index is -5.21. The second kappa shape index (κ2) is 6.20. The monoisotopic (exact) mass is 284 g/mol. The van der Waals surface area contributed by atoms with Crippen LogP contribution in [0.25, 0.3) is 0 Å². The lowest BCUT2D eigenvalue weighted by molar-refractivity contribution is -0.197. The van der Waals surface area contributed by atoms with Gasteiger partial charge in [-0.1, -0.05) is 11.8 Å². The van der Waals surface area contributed by atoms with Crippen molar-refractivity contribution in [2.45, 2.75) is 16.0 Å². The lowest BCUT2D eigenvalue weighted by atomic mass is 10.4. The van der Waals surface area contributed by atoms with E-state index >= 15 is 0 Å². The molecular weight excluding hydrogens is 273 g/mol. The van der Waals surface area contributed by atoms with Crippen molar-refractivity contribution in [1.29, 1.82) is 0 Å². The van der Waals surface area contributed by atoms with Gasteiger partial charge in [0.15, 0.2) is 0 Å². The second-order valence-corrected chi connectivity index (χ2v) is 4.47. The molecule has 0 radical (unpaired) electrons. The number of rotatable bonds is 4. The van der Waals surface area contributed by atoms with Gasteiger partial charge in [0.2, 0.25) is 0 Å². The highest BCUT2D eigenvalue weighted by molar-refractivity contribution is 7.99. The van der Waals surface area contributed by atoms with E-state index in [0.717, 1.165) is 4.90 Å². The SMILES string of the molecule is [2H]C([2H])(OC(=O)C(F)(F)F)Sc1ccc(SC)cc1. The van der Waals surface area contributed by atoms with Crippen LogP contribution in [0.3, 0.4) is 0 Å². The summed E-state index contributed by atoms with van der Waals surface area (Å²) in [5.41, 5.74) is 0. The maximum Gasteiger partial charge on any atom is 0.490 e. The Kier molecular flexibility index (Phi) is 4.12. The van der Waals surface area contributed by atoms with E-state index in [1.54, 1.807) is 12.1 Å². The van der Waals surface area contributed by atoms with Gasteiger partial charge in [0, 0.05) is 9.79 Å². The van der Waals surface area contributed by atoms with Crippen LogP contribution in [0.1, 0.15) is 2.74 Å². The molecule has 0 heterocycles. The summed E-state index contributed by atoms with van der Waals surface area (Å²) in [5.74, 6) is -5.33. The van der Waals surface area contributed by atoms with E-state index in [9.17, 15) is 18.0 Å². The van der Waals surface area contributed by atoms with Gasteiger partial charge in [-0.05, 0) is 30.5 Å². The molecule has 0 aliphatic carbocycles. The molecule has 0 fully saturated rings. The topological polar surface area (TPSA) is 26.3 Å². The number of thioether (sulfide) groups is 2. The van der Waals surface area contributed by atoms with Crippen LogP contribution in [0.4, 0.5) is 13.2 Å². The lowest BCUT2D eigenvalue weighted by Crippen LogP contribution is -2.25. The number of ether oxygens (including phenoxy) is 1. The van der Waals surface area contributed by atoms with Crippen molar-refractivity contribution in [2.75, 3.05) is 12.1 Å². The zero-order chi connectivity index (χ0) is 14.7. The lowest BCUT2D eigenvalue weighted by Gasteiger charge is -2.07. The van der Waals surface area contributed by atoms with Crippen molar-refractivity contribution in [2.24, 2.45) is 0 Å². The molecule has 0 unspecified atom stereocenters. The fraction of sp³-hybridized carbons (Fsp3) is 0.300. The molecule has 0 amide bonds. The zero-order valence-electron chi connectivity index (χ0n) is 10.6. The van der Waals surface area contributed by atoms with Gasteiger partial charge < -0.3 is 4.74 Å². The van der Waals surface area contributed by atoms with Crippen LogP contribution in [0.15, 0.2) is 34.1 Å². The number of carbonyl (C=O) groups is 1. The van der Waals surface area contributed by atoms with E-state index in [1.165, 1.54) is 23.9 Å². The first-order chi connectivity index (χ1) is 8.64. The smallest absolute Gasteiger partial charge is 0.448 e. The third-order valence-electron chi connectivity index (χ3n) is 1.58. The minimum absolute atomic E-state index is 0.359. The first kappa shape index (κ1) is 11.3. The van der Waals surface area contributed by atoms with Crippen molar-refractivity contribution in [3.8, 4) is 0 Å². The fourth-order valence-corrected chi connectivity index (χ4v) is 1.70. The predicted molar refractivity (Wildman–Crippen MR) is 61.1 cm³/mol. The van der Waals surface area contributed by atoms with Crippen LogP contribution in [0.2, 0.25) is 0 Å². The summed E-state index contributed by atoms with van der Waals surface area (Å²) in [6.45, 7) is 0. The third kappa shape index (κ3) is 4.91. The second-order valence-electron chi connectivity index (χ2n) is 2.75. The Morgan fingerprint density at radius 2 is 1.88 bits per heavy atom. The first-order valence-electron chi connectivity index (χ1n) is 5.27. The molecule has 0 aliphatic heterocycles. The van der Waals surface area contributed by atoms with Crippen molar-refractivity contribution < 1.29 is 25.4 Å². The van der Waals surface area contributed by atoms with Crippen LogP contribution >= 0.6 is 23.5 Å². The largest absolute Gasteiger partial charge is 0.490 e. The molecule has 0 saturated carbocycles. The van der Waals surface area contributed by atoms with Gasteiger partial charge in [-0.15, -0.1) is 11.8 Å². The molecule has 0 aromatic heterocycles. The molecule has 17 heavy (non-hydrogen) atoms. The molecule has 1 aromatic rings. The number of halogens is 3. The van der Waals surface area contributed by atoms with E-state index < -0.39 is 18.0 Å². The summed E-state index contributed by atoms with van der Waals surface area (Å²) in [6, 6.07) is 6.45. The standard InChI is InChI=1S/C10H9F3O2S2/c1-16-7-2-4-8(5-3-7)17-6-15-9(14)10(11,12)13/h2-5H,6H2,1H3/i6D2. The highest BCUT2D eigenvalue weighted by Crippen LogP contribution is 2.23. The Morgan fingerprint density at radius 3 is 2.35 bits per heavy atom. The summed E-state index contributed by atoms with van der Waals surface area (Å²) in [5, 5.41) is 0. The number of alkyl halides is 3. The van der Waals surface area contributed by atoms with Crippen LogP contribution in [-0.4, -0.2) is 24.3 Å². The normalized spacial score (nSPS) is 13.9. The highest BCUT2D eigenvalue weighted by Gasteiger charge is 2.40. The average molecular weight is 284 g/mol. The number of carbonyl (C=O) groups excluding carboxylic acids is 1. The van der Waals surface area contributed by atoms with Crippen molar-refractivity contribution in [3.05, 3.63) is 24.3 Å². The number of esters is 1. The van der Waals surface area contributed by atoms with Crippen LogP contribution in [-0.2, 0) is 9.53 Å². The maximum atomic E-state index is 12.0. The first-order valence-corrected chi connectivity index (χ1v) is 6.31. The van der Waals surface area contributed by atoms with E-state index in [1.807, 2.05) is 6.26 Å². The highest BCUT2D eigenvalue weighted by atomic mass is 32.2. The van der Waals surface area contributed by atoms with E-state index in [2.05, 4.69) is 4.74 Å². The van der Waals surface area contributed by atoms with E-state index in [-0.39, 0.29) is 0 Å². The predicted octanol–water partition coefficient (Wildman–Crippen LogP) is 3.56. The molecule has 0 aliphatic rings. The van der Waals surface area contributed by atoms with E-state index in [4.69, 9.17) is 2.74 Å². The van der Waals surface area contributed by atoms with Crippen LogP contribution < -0.4 is 0 Å². The number of benzene rings is 1. The molecule has 0 atom stereocenters. The summed E-state index contributed by atoms with van der Waals surface area (Å²) in [6.07, 6.45) is -3.36. The molecule has 2 nitrogen and oxygen atoms in total. The van der Waals surface area contributed by atoms with Gasteiger partial charge in [0.25, 0.3) is 0 Å². The van der Waals surface area contributed by atoms with Gasteiger partial charge in [-0.3, -0.25) is 0 Å². The Hall–Kier alpha value is -0.820. The molecular formula is C10H9F3O2S2. The summed E-state index contributed by atoms with van der Waals surface area (Å²) in [7, 11) is 0. The summed E-state index contributed by atoms with van der Waals surface area (Å²) < 4.78 is 54.2. The Bertz CT molecular complexity index is 449. The molecule has 7 heteroatoms. The van der Waals surface area contributed by atoms with E-state index in [0.29, 0.717) is 16.7 Å². The summed E-state index contributed by atoms with van der Waals surface area (Å²) >= 11 is 1.86. The third-order valence-corrected chi connectivity index (χ3v) is 3.00. The molecule has 0 bridgehead atoms. The van der Waals surface area contributed by atoms with Gasteiger partial charge in [0.05, 0.1) is 2.74 Å². The number of hydrogen-bond donors (Lipinski definition) is 0. The molecule has 0 N–H and O–H groups in total. The molecule has 0 spiro atoms. The summed E-state index contributed by atoms with van der Waals surface area (Å²) in [4.78, 5) is 11.9. The molecule has 94 valence electrons. The van der Waals surface area contributed by atoms with Gasteiger partial charge in [-0.25, -0.2) is 4.79 Å². The average Bonchev–Trinajstić information content (AvgIpc) is 2.27. The number of hydrogen-bond acceptors (Lipinski definition) is 4. The van der Waals surface area contributed by atoms with Crippen molar-refractivity contribution in [1.82, 2.24) is 0 Å². The van der Waals surface area contributed by atoms with Crippen LogP contribution in [0, 0.1) is 0 Å². The Morgan fingerprint density at radius 1 is 1.35 bits per heavy atom. The Balaban J connectivity index is 2.70. The van der Waals surface area contributed by atoms with Gasteiger partial charge in [0.1, 0.15) is 5.89 Å². The van der Waals surface area contributed by atoms with Gasteiger partial charge in [-0.2, -0.15) is 13.2 Å². The molecule has 1 rings (SSSR count). The fourth-order valence-electron chi connectivity index (χ4n) is 0.808. The molecule has 0 saturated heterocycles. The quantitative estimate of drug-likeness (QED) is 0.480. The van der Waals surface area contributed by atoms with Gasteiger partial charge >= 0.3 is 12.1 Å². The zero-order valence-corrected chi connectivity index (χ0v) is 10.2. The van der Waals surface area contributed by atoms with Crippen molar-refractivity contribution in [3.63, 3.8) is 0 Å². The molecule has 1 aromatic carbocycles.